The van der Waals surface area contributed by atoms with Gasteiger partial charge >= 0.3 is 11.9 Å². The number of nitrogen functional groups attached to an aromatic ring is 1. The molecule has 3 rings (SSSR count). The van der Waals surface area contributed by atoms with E-state index in [4.69, 9.17) is 24.4 Å². The summed E-state index contributed by atoms with van der Waals surface area (Å²) in [5, 5.41) is 0.201. The molecule has 1 atom stereocenters. The topological polar surface area (TPSA) is 173 Å². The second kappa shape index (κ2) is 10.1. The van der Waals surface area contributed by atoms with Crippen LogP contribution in [-0.2, 0) is 30.9 Å². The highest BCUT2D eigenvalue weighted by molar-refractivity contribution is 7.89. The number of aryl methyl sites for hydroxylation is 1. The van der Waals surface area contributed by atoms with Crippen molar-refractivity contribution in [3.05, 3.63) is 41.4 Å². The number of ether oxygens (including phenoxy) is 3. The van der Waals surface area contributed by atoms with E-state index in [-0.39, 0.29) is 45.6 Å². The van der Waals surface area contributed by atoms with Gasteiger partial charge in [-0.1, -0.05) is 0 Å². The molecule has 0 radical (unpaired) electrons. The van der Waals surface area contributed by atoms with Crippen molar-refractivity contribution in [3.63, 3.8) is 0 Å². The minimum Gasteiger partial charge on any atom is -0.497 e. The van der Waals surface area contributed by atoms with Crippen molar-refractivity contribution in [1.82, 2.24) is 14.7 Å². The molecule has 0 unspecified atom stereocenters. The lowest BCUT2D eigenvalue weighted by molar-refractivity contribution is -0.146. The first kappa shape index (κ1) is 24.9. The van der Waals surface area contributed by atoms with Gasteiger partial charge in [0.25, 0.3) is 0 Å². The van der Waals surface area contributed by atoms with E-state index in [1.165, 1.54) is 38.3 Å². The van der Waals surface area contributed by atoms with E-state index in [1.807, 2.05) is 0 Å². The predicted octanol–water partition coefficient (Wildman–Crippen LogP) is 1.71. The molecule has 0 spiro atoms. The highest BCUT2D eigenvalue weighted by Crippen LogP contribution is 2.29. The Balaban J connectivity index is 1.70. The highest BCUT2D eigenvalue weighted by atomic mass is 32.2. The van der Waals surface area contributed by atoms with Crippen LogP contribution in [0.1, 0.15) is 35.8 Å². The van der Waals surface area contributed by atoms with Crippen LogP contribution in [0.5, 0.6) is 5.75 Å². The van der Waals surface area contributed by atoms with Gasteiger partial charge in [0.15, 0.2) is 12.4 Å². The summed E-state index contributed by atoms with van der Waals surface area (Å²) in [6.07, 6.45) is 0. The maximum atomic E-state index is 12.5. The predicted molar refractivity (Wildman–Crippen MR) is 119 cm³/mol. The van der Waals surface area contributed by atoms with Crippen LogP contribution < -0.4 is 15.2 Å². The van der Waals surface area contributed by atoms with Crippen LogP contribution in [0.25, 0.3) is 11.1 Å². The van der Waals surface area contributed by atoms with Crippen molar-refractivity contribution in [2.75, 3.05) is 19.5 Å². The first-order valence-corrected chi connectivity index (χ1v) is 11.6. The monoisotopic (exact) mass is 492 g/mol. The molecule has 0 aliphatic rings. The summed E-state index contributed by atoms with van der Waals surface area (Å²) < 4.78 is 47.9. The van der Waals surface area contributed by atoms with Crippen molar-refractivity contribution in [1.29, 1.82) is 0 Å². The third kappa shape index (κ3) is 5.26. The highest BCUT2D eigenvalue weighted by Gasteiger charge is 2.26. The van der Waals surface area contributed by atoms with E-state index in [1.54, 1.807) is 13.8 Å². The van der Waals surface area contributed by atoms with Crippen LogP contribution in [0.3, 0.4) is 0 Å². The number of fused-ring (bicyclic) bond motifs is 1. The fourth-order valence-electron chi connectivity index (χ4n) is 3.06. The number of aromatic nitrogens is 2. The fraction of sp³-hybridized carbons (Fsp3) is 0.333. The molecule has 0 bridgehead atoms. The van der Waals surface area contributed by atoms with Crippen LogP contribution >= 0.6 is 0 Å². The fourth-order valence-corrected chi connectivity index (χ4v) is 4.25. The number of methoxy groups -OCH3 is 1. The first-order chi connectivity index (χ1) is 16.1. The number of furan rings is 1. The number of carbonyl (C=O) groups excluding carboxylic acids is 2. The van der Waals surface area contributed by atoms with Crippen molar-refractivity contribution in [2.24, 2.45) is 0 Å². The maximum Gasteiger partial charge on any atom is 0.342 e. The van der Waals surface area contributed by atoms with E-state index in [9.17, 15) is 18.0 Å². The number of hydrogen-bond donors (Lipinski definition) is 2. The Bertz CT molecular complexity index is 1320. The molecule has 12 nitrogen and oxygen atoms in total. The number of benzene rings is 1. The van der Waals surface area contributed by atoms with E-state index < -0.39 is 34.6 Å². The number of esters is 2. The van der Waals surface area contributed by atoms with E-state index in [0.29, 0.717) is 5.75 Å². The minimum absolute atomic E-state index is 0.00715. The molecule has 1 aromatic carbocycles. The molecule has 34 heavy (non-hydrogen) atoms. The van der Waals surface area contributed by atoms with Crippen molar-refractivity contribution >= 4 is 38.9 Å². The van der Waals surface area contributed by atoms with E-state index in [2.05, 4.69) is 14.7 Å². The number of anilines is 1. The first-order valence-electron chi connectivity index (χ1n) is 10.1. The average molecular weight is 493 g/mol. The standard InChI is InChI=1S/C21H24N4O8S/c1-5-31-21(27)16-12(3)33-19-17(16)18(22)23-15(24-19)10-32-20(26)11(2)25-34(28,29)14-8-6-13(30-4)7-9-14/h6-9,11,25H,5,10H2,1-4H3,(H2,22,23,24)/t11-/m0/s1. The van der Waals surface area contributed by atoms with Gasteiger partial charge in [0.2, 0.25) is 15.7 Å². The summed E-state index contributed by atoms with van der Waals surface area (Å²) in [5.41, 5.74) is 6.14. The Labute approximate surface area is 195 Å². The van der Waals surface area contributed by atoms with Gasteiger partial charge in [-0.05, 0) is 45.0 Å². The number of rotatable bonds is 9. The Morgan fingerprint density at radius 3 is 2.47 bits per heavy atom. The molecule has 0 fully saturated rings. The van der Waals surface area contributed by atoms with E-state index >= 15 is 0 Å². The normalized spacial score (nSPS) is 12.4. The number of nitrogens with two attached hydrogens (primary N) is 1. The smallest absolute Gasteiger partial charge is 0.342 e. The Morgan fingerprint density at radius 2 is 1.85 bits per heavy atom. The number of sulfonamides is 1. The zero-order valence-corrected chi connectivity index (χ0v) is 19.8. The molecule has 2 heterocycles. The summed E-state index contributed by atoms with van der Waals surface area (Å²) in [5.74, 6) is -0.778. The Hall–Kier alpha value is -3.71. The SMILES string of the molecule is CCOC(=O)c1c(C)oc2nc(COC(=O)[C@H](C)NS(=O)(=O)c3ccc(OC)cc3)nc(N)c12. The lowest BCUT2D eigenvalue weighted by Crippen LogP contribution is -2.39. The van der Waals surface area contributed by atoms with Gasteiger partial charge in [-0.25, -0.2) is 18.2 Å². The van der Waals surface area contributed by atoms with Gasteiger partial charge in [-0.2, -0.15) is 9.71 Å². The number of nitrogens with zero attached hydrogens (tertiary/aromatic N) is 2. The van der Waals surface area contributed by atoms with Crippen molar-refractivity contribution < 1.29 is 36.6 Å². The molecule has 0 amide bonds. The summed E-state index contributed by atoms with van der Waals surface area (Å²) >= 11 is 0. The molecular weight excluding hydrogens is 468 g/mol. The molecule has 13 heteroatoms. The van der Waals surface area contributed by atoms with Crippen LogP contribution in [0.15, 0.2) is 33.6 Å². The molecule has 3 aromatic rings. The van der Waals surface area contributed by atoms with Gasteiger partial charge in [0.1, 0.15) is 28.9 Å². The molecule has 0 aliphatic carbocycles. The van der Waals surface area contributed by atoms with Gasteiger partial charge in [-0.15, -0.1) is 0 Å². The van der Waals surface area contributed by atoms with Crippen LogP contribution in [0.2, 0.25) is 0 Å². The van der Waals surface area contributed by atoms with E-state index in [0.717, 1.165) is 0 Å². The average Bonchev–Trinajstić information content (AvgIpc) is 3.13. The number of carbonyl (C=O) groups is 2. The van der Waals surface area contributed by atoms with Gasteiger partial charge in [-0.3, -0.25) is 4.79 Å². The van der Waals surface area contributed by atoms with Crippen molar-refractivity contribution in [2.45, 2.75) is 38.3 Å². The van der Waals surface area contributed by atoms with Gasteiger partial charge in [0.05, 0.1) is 24.0 Å². The van der Waals surface area contributed by atoms with Gasteiger partial charge in [0, 0.05) is 0 Å². The van der Waals surface area contributed by atoms with Crippen LogP contribution in [-0.4, -0.2) is 50.1 Å². The Kier molecular flexibility index (Phi) is 7.37. The summed E-state index contributed by atoms with van der Waals surface area (Å²) in [6.45, 7) is 4.33. The third-order valence-corrected chi connectivity index (χ3v) is 6.24. The molecule has 3 N–H and O–H groups in total. The largest absolute Gasteiger partial charge is 0.497 e. The minimum atomic E-state index is -3.98. The molecule has 0 saturated carbocycles. The quantitative estimate of drug-likeness (QED) is 0.416. The second-order valence-corrected chi connectivity index (χ2v) is 8.80. The molecule has 0 saturated heterocycles. The second-order valence-electron chi connectivity index (χ2n) is 7.09. The summed E-state index contributed by atoms with van der Waals surface area (Å²) in [7, 11) is -2.52. The molecule has 0 aliphatic heterocycles. The zero-order chi connectivity index (χ0) is 25.0. The number of hydrogen-bond acceptors (Lipinski definition) is 11. The third-order valence-electron chi connectivity index (χ3n) is 4.68. The van der Waals surface area contributed by atoms with Gasteiger partial charge < -0.3 is 24.4 Å². The lowest BCUT2D eigenvalue weighted by Gasteiger charge is -2.14. The zero-order valence-electron chi connectivity index (χ0n) is 18.9. The van der Waals surface area contributed by atoms with Crippen molar-refractivity contribution in [3.8, 4) is 5.75 Å². The summed E-state index contributed by atoms with van der Waals surface area (Å²) in [4.78, 5) is 32.7. The Morgan fingerprint density at radius 1 is 1.18 bits per heavy atom. The molecule has 182 valence electrons. The van der Waals surface area contributed by atoms with Crippen LogP contribution in [0, 0.1) is 6.92 Å². The molecule has 2 aromatic heterocycles. The number of nitrogens with one attached hydrogen (secondary N) is 1. The lowest BCUT2D eigenvalue weighted by atomic mass is 10.2. The summed E-state index contributed by atoms with van der Waals surface area (Å²) in [6, 6.07) is 4.47. The maximum absolute atomic E-state index is 12.5. The molecular formula is C21H24N4O8S. The van der Waals surface area contributed by atoms with Crippen LogP contribution in [0.4, 0.5) is 5.82 Å².